The molecule has 3 aromatic carbocycles. The first-order valence-electron chi connectivity index (χ1n) is 11.1. The van der Waals surface area contributed by atoms with Gasteiger partial charge in [0.05, 0.1) is 16.8 Å². The minimum absolute atomic E-state index is 0.296. The summed E-state index contributed by atoms with van der Waals surface area (Å²) in [6, 6.07) is 20.6. The summed E-state index contributed by atoms with van der Waals surface area (Å²) >= 11 is 20.2. The van der Waals surface area contributed by atoms with Gasteiger partial charge in [-0.1, -0.05) is 77.4 Å². The largest absolute Gasteiger partial charge is 0.344 e. The Labute approximate surface area is 228 Å². The summed E-state index contributed by atoms with van der Waals surface area (Å²) in [6.07, 6.45) is 0.460. The molecule has 0 fully saturated rings. The van der Waals surface area contributed by atoms with Crippen molar-refractivity contribution in [1.29, 1.82) is 0 Å². The van der Waals surface area contributed by atoms with Gasteiger partial charge in [-0.3, -0.25) is 9.36 Å². The van der Waals surface area contributed by atoms with Crippen molar-refractivity contribution in [3.63, 3.8) is 0 Å². The minimum Gasteiger partial charge on any atom is -0.344 e. The zero-order valence-electron chi connectivity index (χ0n) is 19.2. The van der Waals surface area contributed by atoms with Crippen LogP contribution < -0.4 is 5.32 Å². The fourth-order valence-corrected chi connectivity index (χ4v) is 5.02. The predicted octanol–water partition coefficient (Wildman–Crippen LogP) is 7.03. The van der Waals surface area contributed by atoms with Crippen molar-refractivity contribution in [2.24, 2.45) is 0 Å². The van der Waals surface area contributed by atoms with Crippen LogP contribution in [0.1, 0.15) is 29.9 Å². The maximum atomic E-state index is 13.3. The highest BCUT2D eigenvalue weighted by atomic mass is 35.5. The summed E-state index contributed by atoms with van der Waals surface area (Å²) in [5, 5.41) is 12.6. The standard InChI is InChI=1S/C26H22Cl3FN4OS/c1-16(27)25(35)31-22(13-17-5-3-2-4-6-17)24-32-33-26(36-15-18-7-10-20(30)11-8-18)34(24)23-12-9-19(28)14-21(23)29/h2-12,14,16,22H,13,15H2,1H3,(H,31,35). The number of amides is 1. The van der Waals surface area contributed by atoms with Gasteiger partial charge in [0, 0.05) is 10.8 Å². The molecule has 4 rings (SSSR count). The number of alkyl halides is 1. The first-order chi connectivity index (χ1) is 17.3. The predicted molar refractivity (Wildman–Crippen MR) is 144 cm³/mol. The van der Waals surface area contributed by atoms with Crippen molar-refractivity contribution in [3.05, 3.63) is 106 Å². The van der Waals surface area contributed by atoms with Crippen LogP contribution >= 0.6 is 46.6 Å². The molecule has 0 saturated heterocycles. The summed E-state index contributed by atoms with van der Waals surface area (Å²) in [5.74, 6) is 0.401. The number of thioether (sulfide) groups is 1. The maximum absolute atomic E-state index is 13.3. The van der Waals surface area contributed by atoms with Gasteiger partial charge < -0.3 is 5.32 Å². The molecule has 36 heavy (non-hydrogen) atoms. The van der Waals surface area contributed by atoms with Gasteiger partial charge in [-0.2, -0.15) is 0 Å². The van der Waals surface area contributed by atoms with Gasteiger partial charge in [-0.15, -0.1) is 21.8 Å². The quantitative estimate of drug-likeness (QED) is 0.175. The molecule has 2 unspecified atom stereocenters. The Hall–Kier alpha value is -2.58. The second kappa shape index (κ2) is 12.1. The number of hydrogen-bond donors (Lipinski definition) is 1. The van der Waals surface area contributed by atoms with Gasteiger partial charge in [-0.25, -0.2) is 4.39 Å². The topological polar surface area (TPSA) is 59.8 Å². The third-order valence-electron chi connectivity index (χ3n) is 5.36. The fraction of sp³-hybridized carbons (Fsp3) is 0.192. The van der Waals surface area contributed by atoms with E-state index in [0.717, 1.165) is 11.1 Å². The highest BCUT2D eigenvalue weighted by Gasteiger charge is 2.27. The lowest BCUT2D eigenvalue weighted by Gasteiger charge is -2.21. The van der Waals surface area contributed by atoms with Crippen LogP contribution in [0.25, 0.3) is 5.69 Å². The number of rotatable bonds is 9. The SMILES string of the molecule is CC(Cl)C(=O)NC(Cc1ccccc1)c1nnc(SCc2ccc(F)cc2)n1-c1ccc(Cl)cc1Cl. The second-order valence-corrected chi connectivity index (χ2v) is 10.5. The van der Waals surface area contributed by atoms with E-state index in [-0.39, 0.29) is 11.7 Å². The van der Waals surface area contributed by atoms with E-state index in [4.69, 9.17) is 34.8 Å². The molecule has 10 heteroatoms. The van der Waals surface area contributed by atoms with Gasteiger partial charge in [-0.05, 0) is 54.8 Å². The van der Waals surface area contributed by atoms with Crippen molar-refractivity contribution in [2.45, 2.75) is 35.7 Å². The van der Waals surface area contributed by atoms with Crippen LogP contribution in [-0.4, -0.2) is 26.0 Å². The molecule has 0 radical (unpaired) electrons. The van der Waals surface area contributed by atoms with Crippen molar-refractivity contribution < 1.29 is 9.18 Å². The monoisotopic (exact) mass is 562 g/mol. The Bertz CT molecular complexity index is 1330. The lowest BCUT2D eigenvalue weighted by molar-refractivity contribution is -0.121. The highest BCUT2D eigenvalue weighted by molar-refractivity contribution is 7.98. The molecule has 186 valence electrons. The molecular formula is C26H22Cl3FN4OS. The van der Waals surface area contributed by atoms with E-state index in [1.54, 1.807) is 37.3 Å². The Balaban J connectivity index is 1.77. The molecule has 4 aromatic rings. The number of hydrogen-bond acceptors (Lipinski definition) is 4. The van der Waals surface area contributed by atoms with Crippen LogP contribution in [0.4, 0.5) is 4.39 Å². The van der Waals surface area contributed by atoms with Crippen molar-refractivity contribution >= 4 is 52.5 Å². The van der Waals surface area contributed by atoms with Crippen LogP contribution in [-0.2, 0) is 17.0 Å². The van der Waals surface area contributed by atoms with Crippen molar-refractivity contribution in [3.8, 4) is 5.69 Å². The second-order valence-electron chi connectivity index (χ2n) is 8.05. The van der Waals surface area contributed by atoms with E-state index in [0.29, 0.717) is 38.9 Å². The fourth-order valence-electron chi connectivity index (χ4n) is 3.56. The van der Waals surface area contributed by atoms with E-state index < -0.39 is 11.4 Å². The third-order valence-corrected chi connectivity index (χ3v) is 7.10. The lowest BCUT2D eigenvalue weighted by atomic mass is 10.0. The molecule has 1 aromatic heterocycles. The first-order valence-corrected chi connectivity index (χ1v) is 13.3. The highest BCUT2D eigenvalue weighted by Crippen LogP contribution is 2.33. The summed E-state index contributed by atoms with van der Waals surface area (Å²) in [5.41, 5.74) is 2.54. The number of halogens is 4. The van der Waals surface area contributed by atoms with Crippen LogP contribution in [0.15, 0.2) is 78.0 Å². The summed E-state index contributed by atoms with van der Waals surface area (Å²) < 4.78 is 15.2. The van der Waals surface area contributed by atoms with Crippen LogP contribution in [0, 0.1) is 5.82 Å². The Kier molecular flexibility index (Phi) is 8.90. The Morgan fingerprint density at radius 2 is 1.75 bits per heavy atom. The van der Waals surface area contributed by atoms with Gasteiger partial charge in [0.15, 0.2) is 11.0 Å². The van der Waals surface area contributed by atoms with E-state index in [2.05, 4.69) is 15.5 Å². The minimum atomic E-state index is -0.730. The lowest BCUT2D eigenvalue weighted by Crippen LogP contribution is -2.36. The van der Waals surface area contributed by atoms with E-state index in [9.17, 15) is 9.18 Å². The maximum Gasteiger partial charge on any atom is 0.238 e. The zero-order valence-corrected chi connectivity index (χ0v) is 22.3. The average molecular weight is 564 g/mol. The average Bonchev–Trinajstić information content (AvgIpc) is 3.27. The van der Waals surface area contributed by atoms with Crippen molar-refractivity contribution in [2.75, 3.05) is 0 Å². The summed E-state index contributed by atoms with van der Waals surface area (Å²) in [6.45, 7) is 1.61. The van der Waals surface area contributed by atoms with E-state index in [1.807, 2.05) is 34.9 Å². The number of aromatic nitrogens is 3. The van der Waals surface area contributed by atoms with Gasteiger partial charge >= 0.3 is 0 Å². The molecular weight excluding hydrogens is 542 g/mol. The molecule has 1 N–H and O–H groups in total. The molecule has 0 aliphatic carbocycles. The van der Waals surface area contributed by atoms with Gasteiger partial charge in [0.1, 0.15) is 11.2 Å². The third kappa shape index (κ3) is 6.59. The number of carbonyl (C=O) groups is 1. The van der Waals surface area contributed by atoms with E-state index in [1.165, 1.54) is 23.9 Å². The van der Waals surface area contributed by atoms with Crippen molar-refractivity contribution in [1.82, 2.24) is 20.1 Å². The van der Waals surface area contributed by atoms with Crippen LogP contribution in [0.2, 0.25) is 10.0 Å². The Morgan fingerprint density at radius 3 is 2.42 bits per heavy atom. The molecule has 0 spiro atoms. The van der Waals surface area contributed by atoms with Crippen LogP contribution in [0.3, 0.4) is 0 Å². The summed E-state index contributed by atoms with van der Waals surface area (Å²) in [4.78, 5) is 12.6. The number of benzene rings is 3. The summed E-state index contributed by atoms with van der Waals surface area (Å²) in [7, 11) is 0. The van der Waals surface area contributed by atoms with E-state index >= 15 is 0 Å². The molecule has 1 heterocycles. The normalized spacial score (nSPS) is 12.8. The molecule has 0 aliphatic heterocycles. The molecule has 0 aliphatic rings. The Morgan fingerprint density at radius 1 is 1.03 bits per heavy atom. The number of nitrogens with one attached hydrogen (secondary N) is 1. The number of carbonyl (C=O) groups excluding carboxylic acids is 1. The molecule has 2 atom stereocenters. The number of nitrogens with zero attached hydrogens (tertiary/aromatic N) is 3. The smallest absolute Gasteiger partial charge is 0.238 e. The molecule has 0 saturated carbocycles. The molecule has 5 nitrogen and oxygen atoms in total. The van der Waals surface area contributed by atoms with Crippen LogP contribution in [0.5, 0.6) is 0 Å². The zero-order chi connectivity index (χ0) is 25.7. The molecule has 1 amide bonds. The first kappa shape index (κ1) is 26.5. The molecule has 0 bridgehead atoms. The van der Waals surface area contributed by atoms with Gasteiger partial charge in [0.25, 0.3) is 0 Å². The van der Waals surface area contributed by atoms with Gasteiger partial charge in [0.2, 0.25) is 5.91 Å².